The third-order valence-corrected chi connectivity index (χ3v) is 3.99. The molecule has 0 aromatic heterocycles. The molecule has 0 unspecified atom stereocenters. The summed E-state index contributed by atoms with van der Waals surface area (Å²) < 4.78 is 16.2. The Kier molecular flexibility index (Phi) is 5.08. The first-order valence-electron chi connectivity index (χ1n) is 7.40. The lowest BCUT2D eigenvalue weighted by molar-refractivity contribution is -0.124. The van der Waals surface area contributed by atoms with Crippen LogP contribution in [0.4, 0.5) is 5.69 Å². The summed E-state index contributed by atoms with van der Waals surface area (Å²) in [5.41, 5.74) is 7.07. The maximum atomic E-state index is 12.0. The fourth-order valence-corrected chi connectivity index (χ4v) is 2.58. The van der Waals surface area contributed by atoms with Crippen LogP contribution in [0.5, 0.6) is 11.5 Å². The maximum Gasteiger partial charge on any atom is 0.340 e. The predicted octanol–water partition coefficient (Wildman–Crippen LogP) is 2.23. The van der Waals surface area contributed by atoms with Gasteiger partial charge in [0.25, 0.3) is 5.91 Å². The van der Waals surface area contributed by atoms with Crippen LogP contribution in [0.25, 0.3) is 0 Å². The first-order valence-corrected chi connectivity index (χ1v) is 8.19. The summed E-state index contributed by atoms with van der Waals surface area (Å²) in [7, 11) is 0. The number of nitrogen functional groups attached to an aromatic ring is 1. The number of esters is 1. The first kappa shape index (κ1) is 17.1. The molecule has 1 heterocycles. The van der Waals surface area contributed by atoms with Crippen LogP contribution < -0.4 is 20.5 Å². The second-order valence-corrected chi connectivity index (χ2v) is 6.19. The van der Waals surface area contributed by atoms with E-state index in [0.717, 1.165) is 5.56 Å². The molecule has 130 valence electrons. The number of rotatable bonds is 5. The van der Waals surface area contributed by atoms with Crippen LogP contribution in [0.3, 0.4) is 0 Å². The number of benzene rings is 2. The van der Waals surface area contributed by atoms with E-state index >= 15 is 0 Å². The van der Waals surface area contributed by atoms with Gasteiger partial charge in [0, 0.05) is 16.7 Å². The Morgan fingerprint density at radius 3 is 2.80 bits per heavy atom. The summed E-state index contributed by atoms with van der Waals surface area (Å²) in [5, 5.41) is 2.67. The molecule has 0 aliphatic carbocycles. The molecule has 2 aromatic rings. The van der Waals surface area contributed by atoms with E-state index in [2.05, 4.69) is 21.2 Å². The number of hydrogen-bond donors (Lipinski definition) is 2. The van der Waals surface area contributed by atoms with Crippen molar-refractivity contribution in [1.29, 1.82) is 0 Å². The van der Waals surface area contributed by atoms with Crippen LogP contribution in [-0.4, -0.2) is 25.3 Å². The van der Waals surface area contributed by atoms with E-state index in [-0.39, 0.29) is 24.6 Å². The Balaban J connectivity index is 1.49. The summed E-state index contributed by atoms with van der Waals surface area (Å²) in [6, 6.07) is 10.2. The van der Waals surface area contributed by atoms with E-state index in [1.807, 2.05) is 6.07 Å². The number of carbonyl (C=O) groups excluding carboxylic acids is 2. The van der Waals surface area contributed by atoms with Gasteiger partial charge in [-0.2, -0.15) is 0 Å². The van der Waals surface area contributed by atoms with Crippen molar-refractivity contribution in [2.45, 2.75) is 6.54 Å². The van der Waals surface area contributed by atoms with Crippen LogP contribution in [-0.2, 0) is 16.1 Å². The van der Waals surface area contributed by atoms with Crippen molar-refractivity contribution < 1.29 is 23.8 Å². The zero-order valence-electron chi connectivity index (χ0n) is 13.1. The molecule has 8 heteroatoms. The van der Waals surface area contributed by atoms with Crippen LogP contribution in [0, 0.1) is 0 Å². The molecule has 0 saturated heterocycles. The Morgan fingerprint density at radius 1 is 1.16 bits per heavy atom. The molecule has 0 bridgehead atoms. The summed E-state index contributed by atoms with van der Waals surface area (Å²) in [5.74, 6) is 0.246. The minimum Gasteiger partial charge on any atom is -0.454 e. The Hall–Kier alpha value is -2.74. The minimum absolute atomic E-state index is 0.194. The van der Waals surface area contributed by atoms with Gasteiger partial charge in [0.05, 0.1) is 5.56 Å². The number of carbonyl (C=O) groups is 2. The molecule has 7 nitrogen and oxygen atoms in total. The molecule has 0 atom stereocenters. The summed E-state index contributed by atoms with van der Waals surface area (Å²) in [6.07, 6.45) is 0. The average molecular weight is 407 g/mol. The molecule has 0 fully saturated rings. The van der Waals surface area contributed by atoms with E-state index in [1.54, 1.807) is 30.3 Å². The molecule has 3 rings (SSSR count). The van der Waals surface area contributed by atoms with Gasteiger partial charge >= 0.3 is 5.97 Å². The number of halogens is 1. The molecular weight excluding hydrogens is 392 g/mol. The summed E-state index contributed by atoms with van der Waals surface area (Å²) in [6.45, 7) is 0.0845. The highest BCUT2D eigenvalue weighted by molar-refractivity contribution is 9.10. The largest absolute Gasteiger partial charge is 0.454 e. The maximum absolute atomic E-state index is 12.0. The van der Waals surface area contributed by atoms with Crippen molar-refractivity contribution in [2.75, 3.05) is 19.1 Å². The topological polar surface area (TPSA) is 99.9 Å². The third-order valence-electron chi connectivity index (χ3n) is 3.50. The van der Waals surface area contributed by atoms with Crippen LogP contribution in [0.15, 0.2) is 40.9 Å². The van der Waals surface area contributed by atoms with Crippen molar-refractivity contribution in [2.24, 2.45) is 0 Å². The summed E-state index contributed by atoms with van der Waals surface area (Å²) in [4.78, 5) is 23.8. The van der Waals surface area contributed by atoms with Crippen molar-refractivity contribution in [1.82, 2.24) is 5.32 Å². The number of anilines is 1. The number of hydrogen-bond acceptors (Lipinski definition) is 6. The lowest BCUT2D eigenvalue weighted by Crippen LogP contribution is -2.28. The van der Waals surface area contributed by atoms with Crippen molar-refractivity contribution in [3.05, 3.63) is 52.0 Å². The van der Waals surface area contributed by atoms with E-state index in [0.29, 0.717) is 16.0 Å². The molecule has 1 aliphatic heterocycles. The lowest BCUT2D eigenvalue weighted by atomic mass is 10.2. The Bertz CT molecular complexity index is 825. The molecule has 1 amide bonds. The van der Waals surface area contributed by atoms with Crippen molar-refractivity contribution >= 4 is 33.5 Å². The first-order chi connectivity index (χ1) is 12.0. The molecule has 0 saturated carbocycles. The van der Waals surface area contributed by atoms with Gasteiger partial charge in [0.1, 0.15) is 0 Å². The Morgan fingerprint density at radius 2 is 1.96 bits per heavy atom. The van der Waals surface area contributed by atoms with Gasteiger partial charge in [-0.3, -0.25) is 4.79 Å². The van der Waals surface area contributed by atoms with Crippen molar-refractivity contribution in [3.63, 3.8) is 0 Å². The smallest absolute Gasteiger partial charge is 0.340 e. The van der Waals surface area contributed by atoms with Gasteiger partial charge in [0.15, 0.2) is 18.1 Å². The van der Waals surface area contributed by atoms with Gasteiger partial charge in [-0.05, 0) is 35.9 Å². The SMILES string of the molecule is Nc1ccc(Br)cc1C(=O)OCC(=O)NCc1ccc2c(c1)OCO2. The standard InChI is InChI=1S/C17H15BrN2O5/c18-11-2-3-13(19)12(6-11)17(22)23-8-16(21)20-7-10-1-4-14-15(5-10)25-9-24-14/h1-6H,7-9,19H2,(H,20,21). The minimum atomic E-state index is -0.656. The molecule has 0 radical (unpaired) electrons. The zero-order valence-corrected chi connectivity index (χ0v) is 14.7. The second kappa shape index (κ2) is 7.43. The lowest BCUT2D eigenvalue weighted by Gasteiger charge is -2.09. The van der Waals surface area contributed by atoms with Gasteiger partial charge < -0.3 is 25.3 Å². The molecule has 0 spiro atoms. The van der Waals surface area contributed by atoms with E-state index in [9.17, 15) is 9.59 Å². The summed E-state index contributed by atoms with van der Waals surface area (Å²) >= 11 is 3.25. The highest BCUT2D eigenvalue weighted by Crippen LogP contribution is 2.32. The predicted molar refractivity (Wildman–Crippen MR) is 93.2 cm³/mol. The zero-order chi connectivity index (χ0) is 17.8. The van der Waals surface area contributed by atoms with Crippen LogP contribution in [0.2, 0.25) is 0 Å². The van der Waals surface area contributed by atoms with Gasteiger partial charge in [-0.15, -0.1) is 0 Å². The third kappa shape index (κ3) is 4.21. The van der Waals surface area contributed by atoms with E-state index < -0.39 is 18.5 Å². The fraction of sp³-hybridized carbons (Fsp3) is 0.176. The number of amides is 1. The monoisotopic (exact) mass is 406 g/mol. The Labute approximate surface area is 152 Å². The number of fused-ring (bicyclic) bond motifs is 1. The van der Waals surface area contributed by atoms with E-state index in [4.69, 9.17) is 19.9 Å². The molecule has 25 heavy (non-hydrogen) atoms. The van der Waals surface area contributed by atoms with Gasteiger partial charge in [-0.1, -0.05) is 22.0 Å². The molecular formula is C17H15BrN2O5. The van der Waals surface area contributed by atoms with Crippen molar-refractivity contribution in [3.8, 4) is 11.5 Å². The molecule has 3 N–H and O–H groups in total. The molecule has 1 aliphatic rings. The normalized spacial score (nSPS) is 11.9. The second-order valence-electron chi connectivity index (χ2n) is 5.27. The van der Waals surface area contributed by atoms with E-state index in [1.165, 1.54) is 0 Å². The van der Waals surface area contributed by atoms with Gasteiger partial charge in [0.2, 0.25) is 6.79 Å². The number of nitrogens with two attached hydrogens (primary N) is 1. The van der Waals surface area contributed by atoms with Crippen LogP contribution >= 0.6 is 15.9 Å². The number of ether oxygens (including phenoxy) is 3. The fourth-order valence-electron chi connectivity index (χ4n) is 2.22. The molecule has 2 aromatic carbocycles. The van der Waals surface area contributed by atoms with Gasteiger partial charge in [-0.25, -0.2) is 4.79 Å². The number of nitrogens with one attached hydrogen (secondary N) is 1. The average Bonchev–Trinajstić information content (AvgIpc) is 3.07. The quantitative estimate of drug-likeness (QED) is 0.583. The van der Waals surface area contributed by atoms with Crippen LogP contribution in [0.1, 0.15) is 15.9 Å². The highest BCUT2D eigenvalue weighted by atomic mass is 79.9. The highest BCUT2D eigenvalue weighted by Gasteiger charge is 2.15.